The number of urea groups is 1. The highest BCUT2D eigenvalue weighted by Crippen LogP contribution is 2.18. The summed E-state index contributed by atoms with van der Waals surface area (Å²) in [5.41, 5.74) is 0. The standard InChI is InChI=1S/C12H20N2O5/c1-2-19-11(17)9-5-4-8-14(9)12(18)13-7-3-6-10(15)16/h9H,2-8H2,1H3,(H,13,18)(H,15,16). The number of esters is 1. The van der Waals surface area contributed by atoms with Crippen molar-refractivity contribution in [3.63, 3.8) is 0 Å². The molecule has 7 heteroatoms. The number of likely N-dealkylation sites (tertiary alicyclic amines) is 1. The molecule has 1 heterocycles. The molecule has 0 aromatic heterocycles. The number of hydrogen-bond acceptors (Lipinski definition) is 4. The molecule has 1 saturated heterocycles. The number of hydrogen-bond donors (Lipinski definition) is 2. The Hall–Kier alpha value is -1.79. The van der Waals surface area contributed by atoms with Gasteiger partial charge in [-0.1, -0.05) is 0 Å². The minimum Gasteiger partial charge on any atom is -0.481 e. The molecule has 1 fully saturated rings. The van der Waals surface area contributed by atoms with Crippen molar-refractivity contribution in [2.24, 2.45) is 0 Å². The predicted molar refractivity (Wildman–Crippen MR) is 66.6 cm³/mol. The van der Waals surface area contributed by atoms with Crippen molar-refractivity contribution in [3.8, 4) is 0 Å². The average molecular weight is 272 g/mol. The normalized spacial score (nSPS) is 18.2. The zero-order chi connectivity index (χ0) is 14.3. The van der Waals surface area contributed by atoms with Crippen LogP contribution in [0.3, 0.4) is 0 Å². The van der Waals surface area contributed by atoms with E-state index in [-0.39, 0.29) is 25.0 Å². The molecule has 1 aliphatic rings. The van der Waals surface area contributed by atoms with Crippen LogP contribution >= 0.6 is 0 Å². The van der Waals surface area contributed by atoms with Crippen LogP contribution in [0.2, 0.25) is 0 Å². The molecule has 1 atom stereocenters. The van der Waals surface area contributed by atoms with Crippen LogP contribution < -0.4 is 5.32 Å². The quantitative estimate of drug-likeness (QED) is 0.545. The summed E-state index contributed by atoms with van der Waals surface area (Å²) in [6.45, 7) is 2.83. The molecular weight excluding hydrogens is 252 g/mol. The Morgan fingerprint density at radius 1 is 1.42 bits per heavy atom. The first kappa shape index (κ1) is 15.3. The monoisotopic (exact) mass is 272 g/mol. The summed E-state index contributed by atoms with van der Waals surface area (Å²) in [5, 5.41) is 11.1. The largest absolute Gasteiger partial charge is 0.481 e. The Bertz CT molecular complexity index is 345. The average Bonchev–Trinajstić information content (AvgIpc) is 2.83. The lowest BCUT2D eigenvalue weighted by atomic mass is 10.2. The maximum absolute atomic E-state index is 11.9. The Kier molecular flexibility index (Phi) is 6.11. The highest BCUT2D eigenvalue weighted by Gasteiger charge is 2.34. The SMILES string of the molecule is CCOC(=O)C1CCCN1C(=O)NCCCC(=O)O. The lowest BCUT2D eigenvalue weighted by Gasteiger charge is -2.23. The topological polar surface area (TPSA) is 95.9 Å². The number of amides is 2. The zero-order valence-corrected chi connectivity index (χ0v) is 11.1. The fourth-order valence-corrected chi connectivity index (χ4v) is 2.03. The number of carboxylic acid groups (broad SMARTS) is 1. The van der Waals surface area contributed by atoms with Gasteiger partial charge < -0.3 is 20.1 Å². The second-order valence-electron chi connectivity index (χ2n) is 4.33. The fourth-order valence-electron chi connectivity index (χ4n) is 2.03. The van der Waals surface area contributed by atoms with Crippen molar-refractivity contribution >= 4 is 18.0 Å². The van der Waals surface area contributed by atoms with Gasteiger partial charge in [0.25, 0.3) is 0 Å². The van der Waals surface area contributed by atoms with Gasteiger partial charge in [0.05, 0.1) is 6.61 Å². The fraction of sp³-hybridized carbons (Fsp3) is 0.750. The van der Waals surface area contributed by atoms with E-state index < -0.39 is 12.0 Å². The van der Waals surface area contributed by atoms with Gasteiger partial charge in [-0.15, -0.1) is 0 Å². The highest BCUT2D eigenvalue weighted by atomic mass is 16.5. The molecule has 1 aliphatic heterocycles. The lowest BCUT2D eigenvalue weighted by Crippen LogP contribution is -2.46. The minimum absolute atomic E-state index is 0.0155. The first-order valence-electron chi connectivity index (χ1n) is 6.49. The van der Waals surface area contributed by atoms with E-state index in [1.807, 2.05) is 0 Å². The third kappa shape index (κ3) is 4.76. The van der Waals surface area contributed by atoms with Gasteiger partial charge >= 0.3 is 18.0 Å². The molecule has 2 N–H and O–H groups in total. The predicted octanol–water partition coefficient (Wildman–Crippen LogP) is 0.588. The molecule has 108 valence electrons. The van der Waals surface area contributed by atoms with E-state index in [1.165, 1.54) is 4.90 Å². The third-order valence-corrected chi connectivity index (χ3v) is 2.92. The van der Waals surface area contributed by atoms with Crippen LogP contribution in [0.1, 0.15) is 32.6 Å². The van der Waals surface area contributed by atoms with Crippen LogP contribution in [0, 0.1) is 0 Å². The molecule has 0 spiro atoms. The number of carbonyl (C=O) groups is 3. The van der Waals surface area contributed by atoms with Crippen molar-refractivity contribution < 1.29 is 24.2 Å². The third-order valence-electron chi connectivity index (χ3n) is 2.92. The summed E-state index contributed by atoms with van der Waals surface area (Å²) >= 11 is 0. The van der Waals surface area contributed by atoms with Crippen molar-refractivity contribution in [3.05, 3.63) is 0 Å². The smallest absolute Gasteiger partial charge is 0.328 e. The number of carboxylic acids is 1. The summed E-state index contributed by atoms with van der Waals surface area (Å²) in [5.74, 6) is -1.26. The minimum atomic E-state index is -0.889. The first-order valence-corrected chi connectivity index (χ1v) is 6.49. The van der Waals surface area contributed by atoms with E-state index in [0.29, 0.717) is 26.0 Å². The molecule has 1 unspecified atom stereocenters. The molecule has 0 aliphatic carbocycles. The summed E-state index contributed by atoms with van der Waals surface area (Å²) in [7, 11) is 0. The van der Waals surface area contributed by atoms with E-state index in [0.717, 1.165) is 6.42 Å². The van der Waals surface area contributed by atoms with E-state index in [1.54, 1.807) is 6.92 Å². The number of aliphatic carboxylic acids is 1. The van der Waals surface area contributed by atoms with Gasteiger partial charge in [0.2, 0.25) is 0 Å². The van der Waals surface area contributed by atoms with Gasteiger partial charge in [0.1, 0.15) is 6.04 Å². The maximum Gasteiger partial charge on any atom is 0.328 e. The van der Waals surface area contributed by atoms with Gasteiger partial charge in [-0.05, 0) is 26.2 Å². The summed E-state index contributed by atoms with van der Waals surface area (Å²) in [6.07, 6.45) is 1.77. The molecule has 0 saturated carbocycles. The van der Waals surface area contributed by atoms with Crippen molar-refractivity contribution in [1.82, 2.24) is 10.2 Å². The molecule has 0 aromatic rings. The van der Waals surface area contributed by atoms with E-state index >= 15 is 0 Å². The van der Waals surface area contributed by atoms with Gasteiger partial charge in [-0.2, -0.15) is 0 Å². The second kappa shape index (κ2) is 7.60. The van der Waals surface area contributed by atoms with E-state index in [2.05, 4.69) is 5.32 Å². The zero-order valence-electron chi connectivity index (χ0n) is 11.1. The second-order valence-corrected chi connectivity index (χ2v) is 4.33. The summed E-state index contributed by atoms with van der Waals surface area (Å²) in [6, 6.07) is -0.847. The Morgan fingerprint density at radius 3 is 2.79 bits per heavy atom. The molecule has 0 bridgehead atoms. The van der Waals surface area contributed by atoms with Crippen LogP contribution in [0.4, 0.5) is 4.79 Å². The van der Waals surface area contributed by atoms with Crippen molar-refractivity contribution in [1.29, 1.82) is 0 Å². The highest BCUT2D eigenvalue weighted by molar-refractivity contribution is 5.84. The van der Waals surface area contributed by atoms with Crippen LogP contribution in [-0.2, 0) is 14.3 Å². The summed E-state index contributed by atoms with van der Waals surface area (Å²) < 4.78 is 4.92. The number of carbonyl (C=O) groups excluding carboxylic acids is 2. The Labute approximate surface area is 111 Å². The Morgan fingerprint density at radius 2 is 2.16 bits per heavy atom. The van der Waals surface area contributed by atoms with E-state index in [4.69, 9.17) is 9.84 Å². The van der Waals surface area contributed by atoms with Gasteiger partial charge in [-0.3, -0.25) is 4.79 Å². The molecule has 0 radical (unpaired) electrons. The number of rotatable bonds is 6. The molecular formula is C12H20N2O5. The van der Waals surface area contributed by atoms with Crippen LogP contribution in [0.25, 0.3) is 0 Å². The molecule has 1 rings (SSSR count). The number of ether oxygens (including phenoxy) is 1. The van der Waals surface area contributed by atoms with Crippen LogP contribution in [0.5, 0.6) is 0 Å². The van der Waals surface area contributed by atoms with Crippen LogP contribution in [-0.4, -0.2) is 53.7 Å². The van der Waals surface area contributed by atoms with Crippen molar-refractivity contribution in [2.75, 3.05) is 19.7 Å². The number of nitrogens with zero attached hydrogens (tertiary/aromatic N) is 1. The number of nitrogens with one attached hydrogen (secondary N) is 1. The van der Waals surface area contributed by atoms with Gasteiger partial charge in [0, 0.05) is 19.5 Å². The van der Waals surface area contributed by atoms with E-state index in [9.17, 15) is 14.4 Å². The first-order chi connectivity index (χ1) is 9.06. The maximum atomic E-state index is 11.9. The molecule has 2 amide bonds. The Balaban J connectivity index is 2.37. The van der Waals surface area contributed by atoms with Crippen LogP contribution in [0.15, 0.2) is 0 Å². The van der Waals surface area contributed by atoms with Crippen molar-refractivity contribution in [2.45, 2.75) is 38.6 Å². The van der Waals surface area contributed by atoms with Gasteiger partial charge in [0.15, 0.2) is 0 Å². The molecule has 0 aromatic carbocycles. The summed E-state index contributed by atoms with van der Waals surface area (Å²) in [4.78, 5) is 35.3. The lowest BCUT2D eigenvalue weighted by molar-refractivity contribution is -0.147. The molecule has 7 nitrogen and oxygen atoms in total. The molecule has 19 heavy (non-hydrogen) atoms. The van der Waals surface area contributed by atoms with Gasteiger partial charge in [-0.25, -0.2) is 9.59 Å².